The van der Waals surface area contributed by atoms with Gasteiger partial charge in [0.2, 0.25) is 0 Å². The fraction of sp³-hybridized carbons (Fsp3) is 0.583. The number of nitrogens with zero attached hydrogens (tertiary/aromatic N) is 6. The number of hydrogen-bond acceptors (Lipinski definition) is 8. The topological polar surface area (TPSA) is 90.7 Å². The van der Waals surface area contributed by atoms with Gasteiger partial charge in [-0.15, -0.1) is 0 Å². The van der Waals surface area contributed by atoms with Crippen LogP contribution < -0.4 is 9.80 Å². The molecule has 1 saturated carbocycles. The second-order valence-electron chi connectivity index (χ2n) is 9.79. The number of pyridine rings is 1. The molecule has 0 unspecified atom stereocenters. The smallest absolute Gasteiger partial charge is 0.406 e. The zero-order chi connectivity index (χ0) is 25.5. The van der Waals surface area contributed by atoms with E-state index in [0.717, 1.165) is 60.3 Å². The number of ether oxygens (including phenoxy) is 2. The standard InChI is InChI=1S/C24H30F3N7O2/c1-16(2)33(15-24(25,26)27)22(28)36-13-19-29-12-18-21(31-19)34(14-23(18)5-6-23)17-3-4-20(30-11-17)32-7-9-35-10-8-32/h3-4,11-12,16,28H,5-10,13-15H2,1-2H3. The monoisotopic (exact) mass is 505 g/mol. The molecule has 0 atom stereocenters. The lowest BCUT2D eigenvalue weighted by Gasteiger charge is -2.29. The average molecular weight is 506 g/mol. The van der Waals surface area contributed by atoms with Gasteiger partial charge in [0.15, 0.2) is 12.4 Å². The second-order valence-corrected chi connectivity index (χ2v) is 9.79. The van der Waals surface area contributed by atoms with Crippen LogP contribution in [0.2, 0.25) is 0 Å². The van der Waals surface area contributed by atoms with Gasteiger partial charge in [-0.25, -0.2) is 15.0 Å². The molecule has 3 aliphatic rings. The van der Waals surface area contributed by atoms with Gasteiger partial charge in [0, 0.05) is 42.9 Å². The molecule has 2 fully saturated rings. The zero-order valence-electron chi connectivity index (χ0n) is 20.4. The van der Waals surface area contributed by atoms with Gasteiger partial charge in [0.1, 0.15) is 18.2 Å². The van der Waals surface area contributed by atoms with Crippen LogP contribution in [0, 0.1) is 5.41 Å². The van der Waals surface area contributed by atoms with Crippen molar-refractivity contribution in [3.63, 3.8) is 0 Å². The Hall–Kier alpha value is -3.15. The van der Waals surface area contributed by atoms with Gasteiger partial charge in [0.25, 0.3) is 6.02 Å². The number of hydrogen-bond donors (Lipinski definition) is 1. The first-order chi connectivity index (χ1) is 17.2. The van der Waals surface area contributed by atoms with Crippen LogP contribution in [-0.4, -0.2) is 77.5 Å². The maximum absolute atomic E-state index is 12.9. The van der Waals surface area contributed by atoms with Crippen molar-refractivity contribution >= 4 is 23.3 Å². The fourth-order valence-electron chi connectivity index (χ4n) is 4.73. The number of nitrogens with one attached hydrogen (secondary N) is 1. The molecule has 194 valence electrons. The van der Waals surface area contributed by atoms with Crippen LogP contribution in [0.25, 0.3) is 0 Å². The predicted octanol–water partition coefficient (Wildman–Crippen LogP) is 3.62. The molecule has 5 rings (SSSR count). The van der Waals surface area contributed by atoms with E-state index in [9.17, 15) is 13.2 Å². The minimum Gasteiger partial charge on any atom is -0.457 e. The van der Waals surface area contributed by atoms with E-state index in [0.29, 0.717) is 19.0 Å². The van der Waals surface area contributed by atoms with E-state index in [2.05, 4.69) is 19.8 Å². The van der Waals surface area contributed by atoms with Crippen LogP contribution in [0.4, 0.5) is 30.5 Å². The summed E-state index contributed by atoms with van der Waals surface area (Å²) in [6, 6.07) is 2.95. The van der Waals surface area contributed by atoms with Crippen molar-refractivity contribution in [2.24, 2.45) is 0 Å². The van der Waals surface area contributed by atoms with Crippen molar-refractivity contribution in [2.75, 3.05) is 49.2 Å². The van der Waals surface area contributed by atoms with E-state index in [4.69, 9.17) is 19.9 Å². The molecule has 0 amide bonds. The molecule has 2 aromatic rings. The lowest BCUT2D eigenvalue weighted by atomic mass is 10.0. The number of morpholine rings is 1. The van der Waals surface area contributed by atoms with Crippen molar-refractivity contribution < 1.29 is 22.6 Å². The summed E-state index contributed by atoms with van der Waals surface area (Å²) in [6.07, 6.45) is 1.32. The van der Waals surface area contributed by atoms with Crippen LogP contribution in [-0.2, 0) is 21.5 Å². The Morgan fingerprint density at radius 1 is 1.19 bits per heavy atom. The molecular formula is C24H30F3N7O2. The third kappa shape index (κ3) is 5.04. The van der Waals surface area contributed by atoms with E-state index in [1.54, 1.807) is 20.0 Å². The number of anilines is 3. The van der Waals surface area contributed by atoms with Crippen LogP contribution >= 0.6 is 0 Å². The average Bonchev–Trinajstić information content (AvgIpc) is 3.57. The minimum absolute atomic E-state index is 0.0332. The second kappa shape index (κ2) is 9.38. The number of rotatable bonds is 6. The third-order valence-electron chi connectivity index (χ3n) is 6.91. The summed E-state index contributed by atoms with van der Waals surface area (Å²) >= 11 is 0. The summed E-state index contributed by atoms with van der Waals surface area (Å²) < 4.78 is 49.6. The van der Waals surface area contributed by atoms with Crippen LogP contribution in [0.1, 0.15) is 38.1 Å². The molecule has 0 radical (unpaired) electrons. The summed E-state index contributed by atoms with van der Waals surface area (Å²) in [6.45, 7) is 5.51. The van der Waals surface area contributed by atoms with Crippen molar-refractivity contribution in [3.05, 3.63) is 35.9 Å². The molecule has 0 bridgehead atoms. The number of alkyl halides is 3. The highest BCUT2D eigenvalue weighted by atomic mass is 19.4. The van der Waals surface area contributed by atoms with Crippen LogP contribution in [0.15, 0.2) is 24.5 Å². The Labute approximate surface area is 207 Å². The summed E-state index contributed by atoms with van der Waals surface area (Å²) in [5, 5.41) is 8.03. The molecule has 36 heavy (non-hydrogen) atoms. The molecule has 9 nitrogen and oxygen atoms in total. The van der Waals surface area contributed by atoms with Gasteiger partial charge in [-0.2, -0.15) is 13.2 Å². The van der Waals surface area contributed by atoms with E-state index in [1.807, 2.05) is 18.3 Å². The molecule has 12 heteroatoms. The third-order valence-corrected chi connectivity index (χ3v) is 6.91. The van der Waals surface area contributed by atoms with E-state index >= 15 is 0 Å². The van der Waals surface area contributed by atoms with Crippen molar-refractivity contribution in [2.45, 2.75) is 50.9 Å². The zero-order valence-corrected chi connectivity index (χ0v) is 20.4. The summed E-state index contributed by atoms with van der Waals surface area (Å²) in [5.74, 6) is 1.99. The first-order valence-electron chi connectivity index (χ1n) is 12.1. The quantitative estimate of drug-likeness (QED) is 0.470. The van der Waals surface area contributed by atoms with Gasteiger partial charge in [-0.05, 0) is 38.8 Å². The normalized spacial score (nSPS) is 18.5. The Bertz CT molecular complexity index is 1100. The summed E-state index contributed by atoms with van der Waals surface area (Å²) in [5.41, 5.74) is 2.02. The highest BCUT2D eigenvalue weighted by Gasteiger charge is 2.53. The Balaban J connectivity index is 1.31. The van der Waals surface area contributed by atoms with Gasteiger partial charge in [-0.1, -0.05) is 0 Å². The molecule has 2 aromatic heterocycles. The number of fused-ring (bicyclic) bond motifs is 2. The SMILES string of the molecule is CC(C)N(CC(F)(F)F)C(=N)OCc1ncc2c(n1)N(c1ccc(N3CCOCC3)nc1)CC21CC1. The molecule has 1 aliphatic carbocycles. The van der Waals surface area contributed by atoms with Crippen molar-refractivity contribution in [1.82, 2.24) is 19.9 Å². The predicted molar refractivity (Wildman–Crippen MR) is 128 cm³/mol. The van der Waals surface area contributed by atoms with Crippen molar-refractivity contribution in [3.8, 4) is 0 Å². The molecule has 0 aromatic carbocycles. The first kappa shape index (κ1) is 24.5. The molecular weight excluding hydrogens is 475 g/mol. The molecule has 1 spiro atoms. The largest absolute Gasteiger partial charge is 0.457 e. The number of amidine groups is 1. The van der Waals surface area contributed by atoms with Crippen molar-refractivity contribution in [1.29, 1.82) is 5.41 Å². The van der Waals surface area contributed by atoms with Crippen LogP contribution in [0.3, 0.4) is 0 Å². The first-order valence-corrected chi connectivity index (χ1v) is 12.1. The lowest BCUT2D eigenvalue weighted by molar-refractivity contribution is -0.142. The Kier molecular flexibility index (Phi) is 6.39. The van der Waals surface area contributed by atoms with Gasteiger partial charge < -0.3 is 24.2 Å². The highest BCUT2D eigenvalue weighted by Crippen LogP contribution is 2.57. The van der Waals surface area contributed by atoms with E-state index < -0.39 is 24.8 Å². The highest BCUT2D eigenvalue weighted by molar-refractivity contribution is 5.72. The molecule has 2 aliphatic heterocycles. The number of aromatic nitrogens is 3. The maximum atomic E-state index is 12.9. The van der Waals surface area contributed by atoms with Gasteiger partial charge in [-0.3, -0.25) is 5.41 Å². The summed E-state index contributed by atoms with van der Waals surface area (Å²) in [4.78, 5) is 19.0. The van der Waals surface area contributed by atoms with E-state index in [1.165, 1.54) is 0 Å². The molecule has 1 saturated heterocycles. The minimum atomic E-state index is -4.44. The van der Waals surface area contributed by atoms with Gasteiger partial charge >= 0.3 is 6.18 Å². The lowest BCUT2D eigenvalue weighted by Crippen LogP contribution is -2.43. The van der Waals surface area contributed by atoms with Crippen LogP contribution in [0.5, 0.6) is 0 Å². The Morgan fingerprint density at radius 2 is 1.94 bits per heavy atom. The number of halogens is 3. The molecule has 4 heterocycles. The van der Waals surface area contributed by atoms with E-state index in [-0.39, 0.29) is 12.0 Å². The Morgan fingerprint density at radius 3 is 2.56 bits per heavy atom. The maximum Gasteiger partial charge on any atom is 0.406 e. The summed E-state index contributed by atoms with van der Waals surface area (Å²) in [7, 11) is 0. The van der Waals surface area contributed by atoms with Gasteiger partial charge in [0.05, 0.1) is 25.1 Å². The fourth-order valence-corrected chi connectivity index (χ4v) is 4.73. The molecule has 1 N–H and O–H groups in total.